The fourth-order valence-electron chi connectivity index (χ4n) is 5.18. The highest BCUT2D eigenvalue weighted by Gasteiger charge is 2.22. The fourth-order valence-corrected chi connectivity index (χ4v) is 5.30. The minimum absolute atomic E-state index is 0.317. The van der Waals surface area contributed by atoms with Crippen LogP contribution in [0.15, 0.2) is 109 Å². The molecule has 42 heavy (non-hydrogen) atoms. The Balaban J connectivity index is 1.57. The second-order valence-electron chi connectivity index (χ2n) is 9.77. The molecule has 0 radical (unpaired) electrons. The summed E-state index contributed by atoms with van der Waals surface area (Å²) in [7, 11) is 0. The summed E-state index contributed by atoms with van der Waals surface area (Å²) in [6, 6.07) is 33.8. The number of primary amides is 1. The zero-order chi connectivity index (χ0) is 29.2. The van der Waals surface area contributed by atoms with Gasteiger partial charge >= 0.3 is 5.97 Å². The van der Waals surface area contributed by atoms with Crippen LogP contribution in [-0.2, 0) is 11.3 Å². The molecule has 208 valence electrons. The van der Waals surface area contributed by atoms with Gasteiger partial charge in [0.05, 0.1) is 16.4 Å². The van der Waals surface area contributed by atoms with Crippen LogP contribution in [0.1, 0.15) is 15.9 Å². The smallest absolute Gasteiger partial charge is 0.341 e. The van der Waals surface area contributed by atoms with Crippen LogP contribution in [-0.4, -0.2) is 28.2 Å². The Morgan fingerprint density at radius 2 is 1.50 bits per heavy atom. The van der Waals surface area contributed by atoms with Crippen molar-refractivity contribution in [3.05, 3.63) is 125 Å². The SMILES string of the molecule is NC(=O)c1cccc2c1c1c(OCC(=O)O)cc(-c3ccc(Cl)cc3)cc1n2Cc1cccc(Oc2ccccc2)c1. The Bertz CT molecular complexity index is 1950. The Kier molecular flexibility index (Phi) is 7.25. The van der Waals surface area contributed by atoms with E-state index in [1.807, 2.05) is 78.9 Å². The number of rotatable bonds is 9. The monoisotopic (exact) mass is 576 g/mol. The van der Waals surface area contributed by atoms with Gasteiger partial charge in [-0.3, -0.25) is 4.79 Å². The predicted octanol–water partition coefficient (Wildman–Crippen LogP) is 7.52. The van der Waals surface area contributed by atoms with E-state index in [-0.39, 0.29) is 0 Å². The molecule has 0 atom stereocenters. The Morgan fingerprint density at radius 1 is 0.762 bits per heavy atom. The van der Waals surface area contributed by atoms with Crippen molar-refractivity contribution in [1.29, 1.82) is 0 Å². The minimum Gasteiger partial charge on any atom is -0.481 e. The number of aliphatic carboxylic acids is 1. The summed E-state index contributed by atoms with van der Waals surface area (Å²) in [6.07, 6.45) is 0. The van der Waals surface area contributed by atoms with E-state index >= 15 is 0 Å². The number of nitrogens with zero attached hydrogens (tertiary/aromatic N) is 1. The molecule has 0 spiro atoms. The third-order valence-corrected chi connectivity index (χ3v) is 7.22. The lowest BCUT2D eigenvalue weighted by Crippen LogP contribution is -2.11. The molecule has 6 aromatic rings. The molecule has 1 heterocycles. The highest BCUT2D eigenvalue weighted by Crippen LogP contribution is 2.41. The number of halogens is 1. The Hall–Kier alpha value is -5.27. The summed E-state index contributed by atoms with van der Waals surface area (Å²) < 4.78 is 14.0. The van der Waals surface area contributed by atoms with Crippen molar-refractivity contribution in [2.75, 3.05) is 6.61 Å². The molecule has 0 aliphatic rings. The van der Waals surface area contributed by atoms with E-state index in [2.05, 4.69) is 4.57 Å². The van der Waals surface area contributed by atoms with E-state index in [0.29, 0.717) is 39.4 Å². The molecule has 0 saturated carbocycles. The lowest BCUT2D eigenvalue weighted by atomic mass is 10.0. The third kappa shape index (κ3) is 5.38. The number of carboxylic acids is 1. The van der Waals surface area contributed by atoms with Crippen molar-refractivity contribution in [2.24, 2.45) is 5.73 Å². The van der Waals surface area contributed by atoms with E-state index in [1.54, 1.807) is 30.3 Å². The normalized spacial score (nSPS) is 11.1. The topological polar surface area (TPSA) is 104 Å². The van der Waals surface area contributed by atoms with Crippen molar-refractivity contribution < 1.29 is 24.2 Å². The number of hydrogen-bond donors (Lipinski definition) is 2. The molecular formula is C34H25ClN2O5. The first kappa shape index (κ1) is 26.9. The molecule has 0 fully saturated rings. The molecule has 6 rings (SSSR count). The summed E-state index contributed by atoms with van der Waals surface area (Å²) in [6.45, 7) is -0.125. The molecule has 0 bridgehead atoms. The second-order valence-corrected chi connectivity index (χ2v) is 10.2. The van der Waals surface area contributed by atoms with Gasteiger partial charge in [0.25, 0.3) is 0 Å². The van der Waals surface area contributed by atoms with Crippen molar-refractivity contribution >= 4 is 45.3 Å². The molecule has 0 unspecified atom stereocenters. The summed E-state index contributed by atoms with van der Waals surface area (Å²) in [5, 5.41) is 11.2. The van der Waals surface area contributed by atoms with Crippen molar-refractivity contribution in [2.45, 2.75) is 6.54 Å². The number of benzene rings is 5. The maximum atomic E-state index is 12.6. The summed E-state index contributed by atoms with van der Waals surface area (Å²) in [4.78, 5) is 24.1. The van der Waals surface area contributed by atoms with E-state index in [9.17, 15) is 14.7 Å². The van der Waals surface area contributed by atoms with E-state index in [1.165, 1.54) is 0 Å². The maximum Gasteiger partial charge on any atom is 0.341 e. The quantitative estimate of drug-likeness (QED) is 0.185. The number of carbonyl (C=O) groups excluding carboxylic acids is 1. The first-order chi connectivity index (χ1) is 20.4. The predicted molar refractivity (Wildman–Crippen MR) is 164 cm³/mol. The van der Waals surface area contributed by atoms with Gasteiger partial charge in [0.1, 0.15) is 17.2 Å². The minimum atomic E-state index is -1.12. The summed E-state index contributed by atoms with van der Waals surface area (Å²) in [5.41, 5.74) is 10.3. The lowest BCUT2D eigenvalue weighted by Gasteiger charge is -2.13. The second kappa shape index (κ2) is 11.3. The molecule has 1 amide bonds. The third-order valence-electron chi connectivity index (χ3n) is 6.97. The van der Waals surface area contributed by atoms with Gasteiger partial charge < -0.3 is 24.9 Å². The molecule has 3 N–H and O–H groups in total. The molecular weight excluding hydrogens is 552 g/mol. The van der Waals surface area contributed by atoms with Gasteiger partial charge in [0.2, 0.25) is 5.91 Å². The Labute approximate surface area is 246 Å². The molecule has 8 heteroatoms. The number of fused-ring (bicyclic) bond motifs is 3. The van der Waals surface area contributed by atoms with Crippen LogP contribution in [0, 0.1) is 0 Å². The largest absolute Gasteiger partial charge is 0.481 e. The number of ether oxygens (including phenoxy) is 2. The van der Waals surface area contributed by atoms with Crippen molar-refractivity contribution in [1.82, 2.24) is 4.57 Å². The molecule has 0 saturated heterocycles. The van der Waals surface area contributed by atoms with E-state index in [4.69, 9.17) is 26.8 Å². The van der Waals surface area contributed by atoms with Crippen LogP contribution in [0.5, 0.6) is 17.2 Å². The van der Waals surface area contributed by atoms with Gasteiger partial charge in [0, 0.05) is 22.5 Å². The standard InChI is InChI=1S/C34H25ClN2O5/c35-24-14-12-22(13-15-24)23-17-29-33(30(18-23)41-20-31(38)39)32-27(34(36)40)10-5-11-28(32)37(29)19-21-6-4-9-26(16-21)42-25-7-2-1-3-8-25/h1-18H,19-20H2,(H2,36,40)(H,38,39). The van der Waals surface area contributed by atoms with E-state index in [0.717, 1.165) is 33.5 Å². The van der Waals surface area contributed by atoms with E-state index < -0.39 is 18.5 Å². The maximum absolute atomic E-state index is 12.6. The lowest BCUT2D eigenvalue weighted by molar-refractivity contribution is -0.139. The summed E-state index contributed by atoms with van der Waals surface area (Å²) >= 11 is 6.14. The number of carboxylic acid groups (broad SMARTS) is 1. The van der Waals surface area contributed by atoms with Crippen molar-refractivity contribution in [3.63, 3.8) is 0 Å². The number of nitrogens with two attached hydrogens (primary N) is 1. The highest BCUT2D eigenvalue weighted by molar-refractivity contribution is 6.30. The van der Waals surface area contributed by atoms with Crippen LogP contribution < -0.4 is 15.2 Å². The van der Waals surface area contributed by atoms with Gasteiger partial charge in [-0.15, -0.1) is 0 Å². The van der Waals surface area contributed by atoms with Crippen LogP contribution in [0.25, 0.3) is 32.9 Å². The van der Waals surface area contributed by atoms with Crippen LogP contribution in [0.3, 0.4) is 0 Å². The van der Waals surface area contributed by atoms with Gasteiger partial charge in [-0.1, -0.05) is 60.1 Å². The first-order valence-electron chi connectivity index (χ1n) is 13.2. The number of amides is 1. The number of hydrogen-bond acceptors (Lipinski definition) is 4. The number of para-hydroxylation sites is 1. The molecule has 0 aliphatic carbocycles. The Morgan fingerprint density at radius 3 is 2.24 bits per heavy atom. The van der Waals surface area contributed by atoms with Gasteiger partial charge in [-0.05, 0) is 77.4 Å². The molecule has 0 aliphatic heterocycles. The zero-order valence-corrected chi connectivity index (χ0v) is 23.0. The van der Waals surface area contributed by atoms with Gasteiger partial charge in [-0.25, -0.2) is 4.79 Å². The average molecular weight is 577 g/mol. The fraction of sp³-hybridized carbons (Fsp3) is 0.0588. The van der Waals surface area contributed by atoms with Crippen LogP contribution >= 0.6 is 11.6 Å². The number of carbonyl (C=O) groups is 2. The van der Waals surface area contributed by atoms with Crippen LogP contribution in [0.2, 0.25) is 5.02 Å². The van der Waals surface area contributed by atoms with Gasteiger partial charge in [0.15, 0.2) is 6.61 Å². The highest BCUT2D eigenvalue weighted by atomic mass is 35.5. The van der Waals surface area contributed by atoms with Crippen LogP contribution in [0.4, 0.5) is 0 Å². The molecule has 5 aromatic carbocycles. The molecule has 7 nitrogen and oxygen atoms in total. The summed E-state index contributed by atoms with van der Waals surface area (Å²) in [5.74, 6) is 0.0338. The van der Waals surface area contributed by atoms with Crippen molar-refractivity contribution in [3.8, 4) is 28.4 Å². The average Bonchev–Trinajstić information content (AvgIpc) is 3.30. The number of aromatic nitrogens is 1. The molecule has 1 aromatic heterocycles. The van der Waals surface area contributed by atoms with Gasteiger partial charge in [-0.2, -0.15) is 0 Å². The zero-order valence-electron chi connectivity index (χ0n) is 22.3. The first-order valence-corrected chi connectivity index (χ1v) is 13.6.